The summed E-state index contributed by atoms with van der Waals surface area (Å²) in [5.41, 5.74) is -1.42. The first-order chi connectivity index (χ1) is 15.0. The molecule has 3 rings (SSSR count). The van der Waals surface area contributed by atoms with Gasteiger partial charge in [-0.05, 0) is 67.4 Å². The van der Waals surface area contributed by atoms with E-state index in [1.165, 1.54) is 31.2 Å². The Morgan fingerprint density at radius 3 is 2.28 bits per heavy atom. The Hall–Kier alpha value is -3.93. The van der Waals surface area contributed by atoms with E-state index >= 15 is 0 Å². The number of benzene rings is 3. The van der Waals surface area contributed by atoms with Crippen molar-refractivity contribution in [1.29, 1.82) is 5.26 Å². The highest BCUT2D eigenvalue weighted by Gasteiger charge is 2.37. The summed E-state index contributed by atoms with van der Waals surface area (Å²) < 4.78 is 73.4. The molecule has 3 aromatic carbocycles. The summed E-state index contributed by atoms with van der Waals surface area (Å²) in [7, 11) is 0. The molecule has 0 aliphatic carbocycles. The predicted molar refractivity (Wildman–Crippen MR) is 106 cm³/mol. The van der Waals surface area contributed by atoms with Crippen LogP contribution in [0.5, 0.6) is 11.5 Å². The zero-order valence-corrected chi connectivity index (χ0v) is 16.8. The van der Waals surface area contributed by atoms with E-state index in [1.54, 1.807) is 6.92 Å². The second-order valence-electron chi connectivity index (χ2n) is 6.91. The minimum Gasteiger partial charge on any atom is -0.456 e. The van der Waals surface area contributed by atoms with Crippen LogP contribution >= 0.6 is 0 Å². The summed E-state index contributed by atoms with van der Waals surface area (Å²) in [4.78, 5) is 12.8. The number of ether oxygens (including phenoxy) is 1. The first kappa shape index (κ1) is 22.7. The number of halogens is 5. The highest BCUT2D eigenvalue weighted by molar-refractivity contribution is 6.06. The second-order valence-corrected chi connectivity index (χ2v) is 6.91. The number of nitriles is 1. The number of alkyl halides is 3. The molecule has 0 bridgehead atoms. The van der Waals surface area contributed by atoms with Crippen molar-refractivity contribution >= 4 is 11.6 Å². The van der Waals surface area contributed by atoms with E-state index in [9.17, 15) is 26.7 Å². The summed E-state index contributed by atoms with van der Waals surface area (Å²) in [6, 6.07) is 10.8. The maximum absolute atomic E-state index is 14.9. The molecule has 164 valence electrons. The Bertz CT molecular complexity index is 1250. The zero-order chi connectivity index (χ0) is 23.6. The number of carbonyl (C=O) groups excluding carboxylic acids is 1. The van der Waals surface area contributed by atoms with Gasteiger partial charge < -0.3 is 10.1 Å². The van der Waals surface area contributed by atoms with Crippen molar-refractivity contribution < 1.29 is 31.5 Å². The number of carbonyl (C=O) groups is 1. The molecule has 0 radical (unpaired) electrons. The van der Waals surface area contributed by atoms with Crippen LogP contribution in [0.25, 0.3) is 0 Å². The number of hydrogen-bond donors (Lipinski definition) is 1. The van der Waals surface area contributed by atoms with Crippen molar-refractivity contribution in [2.75, 3.05) is 5.32 Å². The van der Waals surface area contributed by atoms with Crippen LogP contribution in [0.15, 0.2) is 48.5 Å². The molecule has 0 heterocycles. The molecule has 0 aromatic heterocycles. The lowest BCUT2D eigenvalue weighted by Gasteiger charge is -2.17. The Kier molecular flexibility index (Phi) is 6.16. The first-order valence-corrected chi connectivity index (χ1v) is 9.17. The standard InChI is InChI=1S/C23H15F5N2O2/c1-12-3-5-16(10-14(12)11-29)30-22(31)20-19(8-6-17(21(20)25)23(26,27)28)32-18-7-4-15(24)9-13(18)2/h3-10H,1-2H3,(H,30,31). The van der Waals surface area contributed by atoms with Gasteiger partial charge in [-0.15, -0.1) is 0 Å². The van der Waals surface area contributed by atoms with Crippen molar-refractivity contribution in [3.05, 3.63) is 88.0 Å². The van der Waals surface area contributed by atoms with E-state index in [0.29, 0.717) is 11.6 Å². The number of rotatable bonds is 4. The molecule has 32 heavy (non-hydrogen) atoms. The fourth-order valence-electron chi connectivity index (χ4n) is 2.93. The van der Waals surface area contributed by atoms with Gasteiger partial charge in [0.1, 0.15) is 22.9 Å². The van der Waals surface area contributed by atoms with Crippen molar-refractivity contribution in [1.82, 2.24) is 0 Å². The third-order valence-corrected chi connectivity index (χ3v) is 4.61. The van der Waals surface area contributed by atoms with Gasteiger partial charge in [0.2, 0.25) is 0 Å². The van der Waals surface area contributed by atoms with Crippen LogP contribution in [0.4, 0.5) is 27.6 Å². The Labute approximate surface area is 179 Å². The molecule has 0 aliphatic heterocycles. The molecule has 0 aliphatic rings. The SMILES string of the molecule is Cc1ccc(NC(=O)c2c(Oc3ccc(F)cc3C)ccc(C(F)(F)F)c2F)cc1C#N. The molecule has 1 amide bonds. The van der Waals surface area contributed by atoms with Crippen molar-refractivity contribution in [3.8, 4) is 17.6 Å². The summed E-state index contributed by atoms with van der Waals surface area (Å²) in [5.74, 6) is -4.06. The van der Waals surface area contributed by atoms with E-state index in [2.05, 4.69) is 5.32 Å². The van der Waals surface area contributed by atoms with Crippen LogP contribution in [-0.4, -0.2) is 5.91 Å². The van der Waals surface area contributed by atoms with Crippen molar-refractivity contribution in [2.24, 2.45) is 0 Å². The number of nitrogens with one attached hydrogen (secondary N) is 1. The third-order valence-electron chi connectivity index (χ3n) is 4.61. The fourth-order valence-corrected chi connectivity index (χ4v) is 2.93. The van der Waals surface area contributed by atoms with E-state index < -0.39 is 40.6 Å². The first-order valence-electron chi connectivity index (χ1n) is 9.17. The lowest BCUT2D eigenvalue weighted by molar-refractivity contribution is -0.140. The molecule has 0 saturated heterocycles. The van der Waals surface area contributed by atoms with Gasteiger partial charge in [0.25, 0.3) is 5.91 Å². The van der Waals surface area contributed by atoms with E-state index in [4.69, 9.17) is 10.00 Å². The fraction of sp³-hybridized carbons (Fsp3) is 0.130. The molecule has 0 fully saturated rings. The number of nitrogens with zero attached hydrogens (tertiary/aromatic N) is 1. The molecule has 9 heteroatoms. The van der Waals surface area contributed by atoms with Crippen LogP contribution < -0.4 is 10.1 Å². The summed E-state index contributed by atoms with van der Waals surface area (Å²) in [5, 5.41) is 11.4. The van der Waals surface area contributed by atoms with Crippen molar-refractivity contribution in [2.45, 2.75) is 20.0 Å². The van der Waals surface area contributed by atoms with Crippen LogP contribution in [0.3, 0.4) is 0 Å². The normalized spacial score (nSPS) is 11.1. The second kappa shape index (κ2) is 8.67. The summed E-state index contributed by atoms with van der Waals surface area (Å²) >= 11 is 0. The molecular weight excluding hydrogens is 431 g/mol. The molecule has 0 unspecified atom stereocenters. The van der Waals surface area contributed by atoms with Crippen LogP contribution in [-0.2, 0) is 6.18 Å². The summed E-state index contributed by atoms with van der Waals surface area (Å²) in [6.07, 6.45) is -5.05. The van der Waals surface area contributed by atoms with Gasteiger partial charge in [-0.25, -0.2) is 8.78 Å². The molecule has 1 N–H and O–H groups in total. The Morgan fingerprint density at radius 2 is 1.66 bits per heavy atom. The molecule has 0 atom stereocenters. The number of amides is 1. The molecule has 4 nitrogen and oxygen atoms in total. The lowest BCUT2D eigenvalue weighted by Crippen LogP contribution is -2.19. The van der Waals surface area contributed by atoms with Gasteiger partial charge in [-0.2, -0.15) is 18.4 Å². The van der Waals surface area contributed by atoms with Gasteiger partial charge in [0.15, 0.2) is 5.82 Å². The lowest BCUT2D eigenvalue weighted by atomic mass is 10.1. The Balaban J connectivity index is 2.08. The van der Waals surface area contributed by atoms with Gasteiger partial charge >= 0.3 is 6.18 Å². The minimum absolute atomic E-state index is 0.0294. The average Bonchev–Trinajstić information content (AvgIpc) is 2.70. The average molecular weight is 446 g/mol. The molecule has 0 spiro atoms. The highest BCUT2D eigenvalue weighted by atomic mass is 19.4. The molecule has 0 saturated carbocycles. The van der Waals surface area contributed by atoms with Crippen molar-refractivity contribution in [3.63, 3.8) is 0 Å². The monoisotopic (exact) mass is 446 g/mol. The van der Waals surface area contributed by atoms with Gasteiger partial charge in [0, 0.05) is 5.69 Å². The number of anilines is 1. The van der Waals surface area contributed by atoms with Crippen LogP contribution in [0.1, 0.15) is 32.6 Å². The minimum atomic E-state index is -5.05. The number of aryl methyl sites for hydroxylation is 2. The maximum Gasteiger partial charge on any atom is 0.419 e. The third kappa shape index (κ3) is 4.70. The zero-order valence-electron chi connectivity index (χ0n) is 16.8. The number of hydrogen-bond acceptors (Lipinski definition) is 3. The smallest absolute Gasteiger partial charge is 0.419 e. The largest absolute Gasteiger partial charge is 0.456 e. The van der Waals surface area contributed by atoms with Crippen LogP contribution in [0.2, 0.25) is 0 Å². The quantitative estimate of drug-likeness (QED) is 0.465. The maximum atomic E-state index is 14.9. The van der Waals surface area contributed by atoms with Gasteiger partial charge in [-0.1, -0.05) is 6.07 Å². The van der Waals surface area contributed by atoms with E-state index in [0.717, 1.165) is 18.2 Å². The van der Waals surface area contributed by atoms with E-state index in [-0.39, 0.29) is 22.6 Å². The van der Waals surface area contributed by atoms with Gasteiger partial charge in [-0.3, -0.25) is 4.79 Å². The molecule has 3 aromatic rings. The topological polar surface area (TPSA) is 62.1 Å². The van der Waals surface area contributed by atoms with Crippen LogP contribution in [0, 0.1) is 36.8 Å². The van der Waals surface area contributed by atoms with E-state index in [1.807, 2.05) is 6.07 Å². The summed E-state index contributed by atoms with van der Waals surface area (Å²) in [6.45, 7) is 3.14. The predicted octanol–water partition coefficient (Wildman–Crippen LogP) is 6.52. The molecular formula is C23H15F5N2O2. The highest BCUT2D eigenvalue weighted by Crippen LogP contribution is 2.38. The van der Waals surface area contributed by atoms with Gasteiger partial charge in [0.05, 0.1) is 17.2 Å². The Morgan fingerprint density at radius 1 is 0.969 bits per heavy atom.